The minimum atomic E-state index is 0.0281. The van der Waals surface area contributed by atoms with Gasteiger partial charge in [0.05, 0.1) is 0 Å². The Hall–Kier alpha value is -2.09. The predicted molar refractivity (Wildman–Crippen MR) is 110 cm³/mol. The van der Waals surface area contributed by atoms with E-state index in [2.05, 4.69) is 84.0 Å². The lowest BCUT2D eigenvalue weighted by Gasteiger charge is -2.24. The number of fused-ring (bicyclic) bond motifs is 1. The van der Waals surface area contributed by atoms with Gasteiger partial charge in [-0.05, 0) is 40.9 Å². The normalized spacial score (nSPS) is 12.7. The first-order chi connectivity index (χ1) is 12.1. The van der Waals surface area contributed by atoms with Crippen molar-refractivity contribution in [2.24, 2.45) is 0 Å². The maximum atomic E-state index is 6.22. The van der Waals surface area contributed by atoms with Crippen LogP contribution < -0.4 is 0 Å². The Kier molecular flexibility index (Phi) is 4.96. The minimum absolute atomic E-state index is 0.0281. The average Bonchev–Trinajstić information content (AvgIpc) is 2.95. The van der Waals surface area contributed by atoms with Gasteiger partial charge in [0.1, 0.15) is 5.52 Å². The summed E-state index contributed by atoms with van der Waals surface area (Å²) in [4.78, 5) is 4.83. The lowest BCUT2D eigenvalue weighted by molar-refractivity contribution is 0.503. The van der Waals surface area contributed by atoms with Crippen LogP contribution in [0.15, 0.2) is 46.9 Å². The fraction of sp³-hybridized carbons (Fsp3) is 0.458. The highest BCUT2D eigenvalue weighted by atomic mass is 16.3. The van der Waals surface area contributed by atoms with Crippen LogP contribution >= 0.6 is 0 Å². The van der Waals surface area contributed by atoms with E-state index in [1.165, 1.54) is 16.7 Å². The molecular weight excluding hydrogens is 318 g/mol. The number of hydrogen-bond donors (Lipinski definition) is 0. The SMILES string of the molecule is CC(C)(C)c1cc(C(C)(C)C)c2oc(CCCc3ccccc3)nc2c1. The third-order valence-corrected chi connectivity index (χ3v) is 4.91. The zero-order valence-corrected chi connectivity index (χ0v) is 17.0. The highest BCUT2D eigenvalue weighted by molar-refractivity contribution is 5.79. The second-order valence-electron chi connectivity index (χ2n) is 9.32. The number of aryl methyl sites for hydroxylation is 2. The van der Waals surface area contributed by atoms with E-state index in [1.54, 1.807) is 0 Å². The maximum absolute atomic E-state index is 6.22. The van der Waals surface area contributed by atoms with Gasteiger partial charge in [-0.1, -0.05) is 77.9 Å². The molecule has 2 nitrogen and oxygen atoms in total. The van der Waals surface area contributed by atoms with Gasteiger partial charge in [-0.25, -0.2) is 4.98 Å². The Morgan fingerprint density at radius 3 is 2.15 bits per heavy atom. The summed E-state index contributed by atoms with van der Waals surface area (Å²) in [5, 5.41) is 0. The predicted octanol–water partition coefficient (Wildman–Crippen LogP) is 6.60. The number of hydrogen-bond acceptors (Lipinski definition) is 2. The molecule has 138 valence electrons. The fourth-order valence-corrected chi connectivity index (χ4v) is 3.26. The van der Waals surface area contributed by atoms with Crippen LogP contribution in [-0.4, -0.2) is 4.98 Å². The minimum Gasteiger partial charge on any atom is -0.440 e. The van der Waals surface area contributed by atoms with Gasteiger partial charge in [0.2, 0.25) is 0 Å². The van der Waals surface area contributed by atoms with Crippen LogP contribution in [0.25, 0.3) is 11.1 Å². The fourth-order valence-electron chi connectivity index (χ4n) is 3.26. The van der Waals surface area contributed by atoms with Crippen LogP contribution in [0.2, 0.25) is 0 Å². The summed E-state index contributed by atoms with van der Waals surface area (Å²) in [5.41, 5.74) is 6.02. The van der Waals surface area contributed by atoms with Crippen molar-refractivity contribution >= 4 is 11.1 Å². The van der Waals surface area contributed by atoms with Gasteiger partial charge in [0, 0.05) is 12.0 Å². The molecule has 3 rings (SSSR count). The van der Waals surface area contributed by atoms with Crippen molar-refractivity contribution in [3.8, 4) is 0 Å². The van der Waals surface area contributed by atoms with Gasteiger partial charge in [0.25, 0.3) is 0 Å². The van der Waals surface area contributed by atoms with Crippen molar-refractivity contribution in [1.29, 1.82) is 0 Å². The molecule has 0 aliphatic rings. The highest BCUT2D eigenvalue weighted by Gasteiger charge is 2.25. The molecule has 2 aromatic carbocycles. The van der Waals surface area contributed by atoms with Crippen LogP contribution in [0.4, 0.5) is 0 Å². The number of nitrogens with zero attached hydrogens (tertiary/aromatic N) is 1. The first kappa shape index (κ1) is 18.7. The third kappa shape index (κ3) is 4.17. The van der Waals surface area contributed by atoms with Crippen molar-refractivity contribution < 1.29 is 4.42 Å². The zero-order valence-electron chi connectivity index (χ0n) is 17.0. The molecule has 0 bridgehead atoms. The van der Waals surface area contributed by atoms with Crippen molar-refractivity contribution in [3.05, 3.63) is 65.0 Å². The van der Waals surface area contributed by atoms with Crippen molar-refractivity contribution in [3.63, 3.8) is 0 Å². The van der Waals surface area contributed by atoms with Gasteiger partial charge in [-0.15, -0.1) is 0 Å². The molecule has 2 heteroatoms. The zero-order chi connectivity index (χ0) is 18.9. The first-order valence-electron chi connectivity index (χ1n) is 9.63. The first-order valence-corrected chi connectivity index (χ1v) is 9.63. The average molecular weight is 350 g/mol. The third-order valence-electron chi connectivity index (χ3n) is 4.91. The Bertz CT molecular complexity index is 876. The van der Waals surface area contributed by atoms with Crippen molar-refractivity contribution in [2.45, 2.75) is 71.6 Å². The smallest absolute Gasteiger partial charge is 0.195 e. The summed E-state index contributed by atoms with van der Waals surface area (Å²) >= 11 is 0. The van der Waals surface area contributed by atoms with Crippen LogP contribution in [0, 0.1) is 0 Å². The summed E-state index contributed by atoms with van der Waals surface area (Å²) in [6, 6.07) is 15.1. The summed E-state index contributed by atoms with van der Waals surface area (Å²) in [5.74, 6) is 0.854. The summed E-state index contributed by atoms with van der Waals surface area (Å²) < 4.78 is 6.22. The van der Waals surface area contributed by atoms with E-state index in [-0.39, 0.29) is 10.8 Å². The molecule has 0 atom stereocenters. The van der Waals surface area contributed by atoms with Crippen LogP contribution in [0.5, 0.6) is 0 Å². The molecule has 0 fully saturated rings. The van der Waals surface area contributed by atoms with Crippen LogP contribution in [-0.2, 0) is 23.7 Å². The molecule has 1 aromatic heterocycles. The van der Waals surface area contributed by atoms with E-state index in [0.29, 0.717) is 0 Å². The summed E-state index contributed by atoms with van der Waals surface area (Å²) in [6.07, 6.45) is 2.98. The van der Waals surface area contributed by atoms with E-state index in [9.17, 15) is 0 Å². The number of oxazole rings is 1. The van der Waals surface area contributed by atoms with Gasteiger partial charge in [0.15, 0.2) is 11.5 Å². The van der Waals surface area contributed by atoms with Crippen molar-refractivity contribution in [2.75, 3.05) is 0 Å². The standard InChI is InChI=1S/C24H31NO/c1-23(2,3)18-15-19(24(4,5)6)22-20(16-18)25-21(26-22)14-10-13-17-11-8-7-9-12-17/h7-9,11-12,15-16H,10,13-14H2,1-6H3. The molecule has 0 saturated carbocycles. The molecule has 0 unspecified atom stereocenters. The lowest BCUT2D eigenvalue weighted by Crippen LogP contribution is -2.16. The Morgan fingerprint density at radius 2 is 1.54 bits per heavy atom. The Balaban J connectivity index is 1.89. The summed E-state index contributed by atoms with van der Waals surface area (Å²) in [7, 11) is 0. The highest BCUT2D eigenvalue weighted by Crippen LogP contribution is 2.35. The Labute approximate surface area is 157 Å². The van der Waals surface area contributed by atoms with Gasteiger partial charge in [-0.2, -0.15) is 0 Å². The molecule has 0 aliphatic heterocycles. The molecule has 1 heterocycles. The topological polar surface area (TPSA) is 26.0 Å². The molecule has 0 radical (unpaired) electrons. The van der Waals surface area contributed by atoms with Gasteiger partial charge >= 0.3 is 0 Å². The van der Waals surface area contributed by atoms with Gasteiger partial charge < -0.3 is 4.42 Å². The van der Waals surface area contributed by atoms with Crippen LogP contribution in [0.1, 0.15) is 70.5 Å². The van der Waals surface area contributed by atoms with E-state index in [1.807, 2.05) is 0 Å². The maximum Gasteiger partial charge on any atom is 0.195 e. The van der Waals surface area contributed by atoms with E-state index in [0.717, 1.165) is 36.3 Å². The lowest BCUT2D eigenvalue weighted by atomic mass is 9.80. The number of benzene rings is 2. The van der Waals surface area contributed by atoms with E-state index in [4.69, 9.17) is 9.40 Å². The molecule has 26 heavy (non-hydrogen) atoms. The second-order valence-corrected chi connectivity index (χ2v) is 9.32. The molecule has 0 aliphatic carbocycles. The second kappa shape index (κ2) is 6.90. The van der Waals surface area contributed by atoms with Crippen molar-refractivity contribution in [1.82, 2.24) is 4.98 Å². The molecule has 0 amide bonds. The molecule has 0 N–H and O–H groups in total. The molecule has 0 saturated heterocycles. The molecule has 0 spiro atoms. The molecule has 3 aromatic rings. The van der Waals surface area contributed by atoms with E-state index >= 15 is 0 Å². The monoisotopic (exact) mass is 349 g/mol. The van der Waals surface area contributed by atoms with Gasteiger partial charge in [-0.3, -0.25) is 0 Å². The molecular formula is C24H31NO. The quantitative estimate of drug-likeness (QED) is 0.530. The van der Waals surface area contributed by atoms with E-state index < -0.39 is 0 Å². The number of rotatable bonds is 4. The van der Waals surface area contributed by atoms with Crippen LogP contribution in [0.3, 0.4) is 0 Å². The largest absolute Gasteiger partial charge is 0.440 e. The summed E-state index contributed by atoms with van der Waals surface area (Å²) in [6.45, 7) is 13.5. The number of aromatic nitrogens is 1. The Morgan fingerprint density at radius 1 is 0.846 bits per heavy atom.